The number of methoxy groups -OCH3 is 1. The van der Waals surface area contributed by atoms with Gasteiger partial charge in [-0.3, -0.25) is 4.90 Å². The quantitative estimate of drug-likeness (QED) is 0.832. The van der Waals surface area contributed by atoms with E-state index in [1.165, 1.54) is 41.5 Å². The van der Waals surface area contributed by atoms with Crippen molar-refractivity contribution in [2.45, 2.75) is 58.5 Å². The first-order chi connectivity index (χ1) is 12.6. The Balaban J connectivity index is 1.64. The molecule has 0 amide bonds. The van der Waals surface area contributed by atoms with Gasteiger partial charge in [0, 0.05) is 18.0 Å². The molecule has 0 spiro atoms. The van der Waals surface area contributed by atoms with Gasteiger partial charge >= 0.3 is 0 Å². The van der Waals surface area contributed by atoms with Gasteiger partial charge in [0.15, 0.2) is 0 Å². The predicted octanol–water partition coefficient (Wildman–Crippen LogP) is 3.86. The van der Waals surface area contributed by atoms with E-state index in [9.17, 15) is 0 Å². The Morgan fingerprint density at radius 2 is 2.08 bits per heavy atom. The highest BCUT2D eigenvalue weighted by Crippen LogP contribution is 2.39. The Morgan fingerprint density at radius 1 is 1.27 bits per heavy atom. The van der Waals surface area contributed by atoms with Crippen LogP contribution in [0.2, 0.25) is 0 Å². The van der Waals surface area contributed by atoms with Gasteiger partial charge in [-0.2, -0.15) is 0 Å². The molecule has 1 aliphatic carbocycles. The molecule has 5 nitrogen and oxygen atoms in total. The lowest BCUT2D eigenvalue weighted by atomic mass is 9.99. The molecule has 0 saturated carbocycles. The predicted molar refractivity (Wildman–Crippen MR) is 108 cm³/mol. The fourth-order valence-electron chi connectivity index (χ4n) is 4.16. The largest absolute Gasteiger partial charge is 0.383 e. The second-order valence-corrected chi connectivity index (χ2v) is 9.07. The molecule has 1 saturated heterocycles. The number of fused-ring (bicyclic) bond motifs is 3. The topological polar surface area (TPSA) is 50.3 Å². The Kier molecular flexibility index (Phi) is 5.43. The standard InChI is InChI=1S/C20H30N4OS/c1-13-7-9-24(10-8-13)11-17-22-19(21-14(2)12-25-3)18-15-5-4-6-16(15)26-20(18)23-17/h13-14H,4-12H2,1-3H3,(H,21,22,23)/t14-/m0/s1. The van der Waals surface area contributed by atoms with Crippen LogP contribution in [0.5, 0.6) is 0 Å². The van der Waals surface area contributed by atoms with E-state index in [0.717, 1.165) is 48.4 Å². The van der Waals surface area contributed by atoms with Crippen LogP contribution in [0.3, 0.4) is 0 Å². The van der Waals surface area contributed by atoms with Gasteiger partial charge in [0.05, 0.1) is 18.5 Å². The van der Waals surface area contributed by atoms with Crippen LogP contribution in [0.25, 0.3) is 10.2 Å². The van der Waals surface area contributed by atoms with Crippen molar-refractivity contribution in [2.75, 3.05) is 32.1 Å². The second kappa shape index (κ2) is 7.79. The minimum Gasteiger partial charge on any atom is -0.383 e. The van der Waals surface area contributed by atoms with Crippen LogP contribution >= 0.6 is 11.3 Å². The summed E-state index contributed by atoms with van der Waals surface area (Å²) in [4.78, 5) is 15.1. The van der Waals surface area contributed by atoms with Gasteiger partial charge in [0.25, 0.3) is 0 Å². The molecule has 1 N–H and O–H groups in total. The monoisotopic (exact) mass is 374 g/mol. The van der Waals surface area contributed by atoms with E-state index in [1.54, 1.807) is 7.11 Å². The van der Waals surface area contributed by atoms with Gasteiger partial charge in [-0.05, 0) is 63.6 Å². The molecule has 0 radical (unpaired) electrons. The van der Waals surface area contributed by atoms with Gasteiger partial charge in [-0.25, -0.2) is 9.97 Å². The highest BCUT2D eigenvalue weighted by atomic mass is 32.1. The molecule has 1 fully saturated rings. The average Bonchev–Trinajstić information content (AvgIpc) is 3.17. The third-order valence-corrected chi connectivity index (χ3v) is 6.84. The van der Waals surface area contributed by atoms with Crippen LogP contribution in [-0.4, -0.2) is 47.7 Å². The fourth-order valence-corrected chi connectivity index (χ4v) is 5.44. The van der Waals surface area contributed by atoms with Crippen molar-refractivity contribution in [1.82, 2.24) is 14.9 Å². The minimum absolute atomic E-state index is 0.235. The molecule has 142 valence electrons. The SMILES string of the molecule is COC[C@H](C)Nc1nc(CN2CCC(C)CC2)nc2sc3c(c12)CCC3. The number of nitrogens with zero attached hydrogens (tertiary/aromatic N) is 3. The molecular formula is C20H30N4OS. The summed E-state index contributed by atoms with van der Waals surface area (Å²) in [5.41, 5.74) is 1.48. The summed E-state index contributed by atoms with van der Waals surface area (Å²) in [6.07, 6.45) is 6.19. The Bertz CT molecular complexity index is 767. The highest BCUT2D eigenvalue weighted by molar-refractivity contribution is 7.19. The third-order valence-electron chi connectivity index (χ3n) is 5.65. The maximum absolute atomic E-state index is 5.31. The van der Waals surface area contributed by atoms with Crippen molar-refractivity contribution in [3.05, 3.63) is 16.3 Å². The van der Waals surface area contributed by atoms with Crippen molar-refractivity contribution in [2.24, 2.45) is 5.92 Å². The number of piperidine rings is 1. The minimum atomic E-state index is 0.235. The van der Waals surface area contributed by atoms with E-state index < -0.39 is 0 Å². The van der Waals surface area contributed by atoms with Crippen LogP contribution in [-0.2, 0) is 24.1 Å². The first kappa shape index (κ1) is 18.1. The average molecular weight is 375 g/mol. The smallest absolute Gasteiger partial charge is 0.146 e. The summed E-state index contributed by atoms with van der Waals surface area (Å²) in [5, 5.41) is 4.86. The Labute approximate surface area is 160 Å². The molecule has 4 rings (SSSR count). The van der Waals surface area contributed by atoms with Gasteiger partial charge in [-0.1, -0.05) is 6.92 Å². The summed E-state index contributed by atoms with van der Waals surface area (Å²) in [5.74, 6) is 2.82. The number of likely N-dealkylation sites (tertiary alicyclic amines) is 1. The van der Waals surface area contributed by atoms with Crippen LogP contribution in [0, 0.1) is 5.92 Å². The number of aryl methyl sites for hydroxylation is 2. The lowest BCUT2D eigenvalue weighted by molar-refractivity contribution is 0.181. The number of nitrogens with one attached hydrogen (secondary N) is 1. The van der Waals surface area contributed by atoms with Crippen molar-refractivity contribution in [3.63, 3.8) is 0 Å². The zero-order chi connectivity index (χ0) is 18.1. The molecule has 2 aromatic rings. The Hall–Kier alpha value is -1.24. The van der Waals surface area contributed by atoms with E-state index in [4.69, 9.17) is 14.7 Å². The summed E-state index contributed by atoms with van der Waals surface area (Å²) in [7, 11) is 1.75. The summed E-state index contributed by atoms with van der Waals surface area (Å²) < 4.78 is 5.31. The molecule has 0 unspecified atom stereocenters. The first-order valence-corrected chi connectivity index (χ1v) is 10.7. The highest BCUT2D eigenvalue weighted by Gasteiger charge is 2.24. The molecule has 1 atom stereocenters. The van der Waals surface area contributed by atoms with Crippen molar-refractivity contribution in [3.8, 4) is 0 Å². The fraction of sp³-hybridized carbons (Fsp3) is 0.700. The Morgan fingerprint density at radius 3 is 2.85 bits per heavy atom. The molecule has 2 aliphatic rings. The number of hydrogen-bond acceptors (Lipinski definition) is 6. The van der Waals surface area contributed by atoms with Crippen molar-refractivity contribution in [1.29, 1.82) is 0 Å². The lowest BCUT2D eigenvalue weighted by Crippen LogP contribution is -2.33. The molecule has 6 heteroatoms. The van der Waals surface area contributed by atoms with Gasteiger partial charge in [-0.15, -0.1) is 11.3 Å². The van der Waals surface area contributed by atoms with E-state index in [-0.39, 0.29) is 6.04 Å². The molecule has 3 heterocycles. The number of rotatable bonds is 6. The van der Waals surface area contributed by atoms with Gasteiger partial charge in [0.1, 0.15) is 16.5 Å². The van der Waals surface area contributed by atoms with E-state index in [1.807, 2.05) is 11.3 Å². The molecule has 0 bridgehead atoms. The zero-order valence-corrected chi connectivity index (χ0v) is 17.0. The first-order valence-electron chi connectivity index (χ1n) is 9.93. The van der Waals surface area contributed by atoms with E-state index in [2.05, 4.69) is 24.1 Å². The number of aromatic nitrogens is 2. The molecule has 2 aromatic heterocycles. The number of hydrogen-bond donors (Lipinski definition) is 1. The van der Waals surface area contributed by atoms with Crippen LogP contribution in [0.15, 0.2) is 0 Å². The van der Waals surface area contributed by atoms with Crippen LogP contribution < -0.4 is 5.32 Å². The number of ether oxygens (including phenoxy) is 1. The van der Waals surface area contributed by atoms with Crippen LogP contribution in [0.1, 0.15) is 49.4 Å². The van der Waals surface area contributed by atoms with E-state index in [0.29, 0.717) is 6.61 Å². The number of anilines is 1. The zero-order valence-electron chi connectivity index (χ0n) is 16.2. The second-order valence-electron chi connectivity index (χ2n) is 7.99. The number of thiophene rings is 1. The molecule has 1 aliphatic heterocycles. The summed E-state index contributed by atoms with van der Waals surface area (Å²) >= 11 is 1.88. The maximum Gasteiger partial charge on any atom is 0.146 e. The third kappa shape index (κ3) is 3.73. The summed E-state index contributed by atoms with van der Waals surface area (Å²) in [6, 6.07) is 0.235. The molecule has 0 aromatic carbocycles. The summed E-state index contributed by atoms with van der Waals surface area (Å²) in [6.45, 7) is 8.36. The normalized spacial score (nSPS) is 19.8. The molecule has 26 heavy (non-hydrogen) atoms. The van der Waals surface area contributed by atoms with Gasteiger partial charge in [0.2, 0.25) is 0 Å². The van der Waals surface area contributed by atoms with E-state index >= 15 is 0 Å². The van der Waals surface area contributed by atoms with Gasteiger partial charge < -0.3 is 10.1 Å². The van der Waals surface area contributed by atoms with Crippen molar-refractivity contribution >= 4 is 27.4 Å². The molecular weight excluding hydrogens is 344 g/mol. The maximum atomic E-state index is 5.31. The lowest BCUT2D eigenvalue weighted by Gasteiger charge is -2.29. The van der Waals surface area contributed by atoms with Crippen molar-refractivity contribution < 1.29 is 4.74 Å². The van der Waals surface area contributed by atoms with Crippen LogP contribution in [0.4, 0.5) is 5.82 Å².